The molecule has 2 nitrogen and oxygen atoms in total. The van der Waals surface area contributed by atoms with Crippen LogP contribution in [-0.2, 0) is 11.2 Å². The first-order valence-electron chi connectivity index (χ1n) is 5.61. The van der Waals surface area contributed by atoms with Gasteiger partial charge < -0.3 is 5.11 Å². The molecular formula is C14H16O2. The maximum atomic E-state index is 10.9. The van der Waals surface area contributed by atoms with E-state index in [1.54, 1.807) is 6.08 Å². The van der Waals surface area contributed by atoms with E-state index in [-0.39, 0.29) is 5.92 Å². The van der Waals surface area contributed by atoms with Crippen molar-refractivity contribution < 1.29 is 9.90 Å². The second-order valence-electron chi connectivity index (χ2n) is 4.62. The Morgan fingerprint density at radius 1 is 1.44 bits per heavy atom. The van der Waals surface area contributed by atoms with Crippen LogP contribution in [0.15, 0.2) is 24.3 Å². The van der Waals surface area contributed by atoms with E-state index in [1.807, 2.05) is 6.08 Å². The molecule has 1 aliphatic carbocycles. The molecule has 0 spiro atoms. The van der Waals surface area contributed by atoms with Crippen LogP contribution >= 0.6 is 0 Å². The predicted octanol–water partition coefficient (Wildman–Crippen LogP) is 3.08. The van der Waals surface area contributed by atoms with Crippen LogP contribution in [-0.4, -0.2) is 11.1 Å². The van der Waals surface area contributed by atoms with Gasteiger partial charge in [-0.1, -0.05) is 44.2 Å². The third-order valence-electron chi connectivity index (χ3n) is 3.10. The van der Waals surface area contributed by atoms with Crippen molar-refractivity contribution >= 4 is 12.0 Å². The van der Waals surface area contributed by atoms with Gasteiger partial charge in [0.1, 0.15) is 0 Å². The van der Waals surface area contributed by atoms with Gasteiger partial charge in [0.05, 0.1) is 5.92 Å². The zero-order valence-electron chi connectivity index (χ0n) is 9.60. The molecule has 0 amide bonds. The largest absolute Gasteiger partial charge is 0.481 e. The lowest BCUT2D eigenvalue weighted by molar-refractivity contribution is -0.140. The molecule has 1 N–H and O–H groups in total. The van der Waals surface area contributed by atoms with Crippen LogP contribution in [0.2, 0.25) is 0 Å². The molecule has 0 aromatic heterocycles. The minimum Gasteiger partial charge on any atom is -0.481 e. The van der Waals surface area contributed by atoms with Crippen molar-refractivity contribution in [3.63, 3.8) is 0 Å². The molecule has 1 aromatic carbocycles. The SMILES string of the molecule is CC(C)c1ccc2c(c1)C=CC(C(=O)O)C2. The topological polar surface area (TPSA) is 37.3 Å². The van der Waals surface area contributed by atoms with Crippen LogP contribution in [0.4, 0.5) is 0 Å². The third kappa shape index (κ3) is 2.01. The number of carboxylic acid groups (broad SMARTS) is 1. The summed E-state index contributed by atoms with van der Waals surface area (Å²) in [5, 5.41) is 8.96. The molecule has 16 heavy (non-hydrogen) atoms. The normalized spacial score (nSPS) is 18.6. The van der Waals surface area contributed by atoms with Crippen molar-refractivity contribution in [3.05, 3.63) is 41.0 Å². The van der Waals surface area contributed by atoms with Crippen LogP contribution in [0.25, 0.3) is 6.08 Å². The first-order valence-corrected chi connectivity index (χ1v) is 5.61. The molecule has 2 rings (SSSR count). The first kappa shape index (κ1) is 10.9. The summed E-state index contributed by atoms with van der Waals surface area (Å²) in [6.45, 7) is 4.32. The number of rotatable bonds is 2. The minimum absolute atomic E-state index is 0.364. The molecule has 0 aliphatic heterocycles. The standard InChI is InChI=1S/C14H16O2/c1-9(2)10-3-4-12-8-13(14(15)16)6-5-11(12)7-10/h3-7,9,13H,8H2,1-2H3,(H,15,16). The molecule has 0 radical (unpaired) electrons. The summed E-state index contributed by atoms with van der Waals surface area (Å²) in [5.41, 5.74) is 3.61. The summed E-state index contributed by atoms with van der Waals surface area (Å²) in [4.78, 5) is 10.9. The Bertz CT molecular complexity index is 444. The highest BCUT2D eigenvalue weighted by Crippen LogP contribution is 2.26. The van der Waals surface area contributed by atoms with Gasteiger partial charge in [0.25, 0.3) is 0 Å². The number of hydrogen-bond acceptors (Lipinski definition) is 1. The van der Waals surface area contributed by atoms with Crippen molar-refractivity contribution in [1.82, 2.24) is 0 Å². The number of hydrogen-bond donors (Lipinski definition) is 1. The summed E-state index contributed by atoms with van der Waals surface area (Å²) in [6, 6.07) is 6.32. The molecule has 0 bridgehead atoms. The Morgan fingerprint density at radius 3 is 2.81 bits per heavy atom. The van der Waals surface area contributed by atoms with Gasteiger partial charge in [-0.25, -0.2) is 0 Å². The number of carboxylic acids is 1. The lowest BCUT2D eigenvalue weighted by atomic mass is 9.87. The van der Waals surface area contributed by atoms with E-state index >= 15 is 0 Å². The van der Waals surface area contributed by atoms with E-state index in [1.165, 1.54) is 11.1 Å². The van der Waals surface area contributed by atoms with Crippen molar-refractivity contribution in [2.45, 2.75) is 26.2 Å². The van der Waals surface area contributed by atoms with Crippen molar-refractivity contribution in [2.75, 3.05) is 0 Å². The van der Waals surface area contributed by atoms with Crippen LogP contribution in [0.3, 0.4) is 0 Å². The molecule has 1 aliphatic rings. The highest BCUT2D eigenvalue weighted by molar-refractivity contribution is 5.76. The van der Waals surface area contributed by atoms with Crippen LogP contribution < -0.4 is 0 Å². The summed E-state index contributed by atoms with van der Waals surface area (Å²) in [7, 11) is 0. The van der Waals surface area contributed by atoms with Gasteiger partial charge in [0.15, 0.2) is 0 Å². The summed E-state index contributed by atoms with van der Waals surface area (Å²) in [6.07, 6.45) is 4.33. The number of benzene rings is 1. The van der Waals surface area contributed by atoms with E-state index in [0.29, 0.717) is 12.3 Å². The quantitative estimate of drug-likeness (QED) is 0.824. The molecule has 0 heterocycles. The van der Waals surface area contributed by atoms with Crippen LogP contribution in [0.1, 0.15) is 36.5 Å². The predicted molar refractivity (Wildman–Crippen MR) is 64.4 cm³/mol. The maximum Gasteiger partial charge on any atom is 0.310 e. The highest BCUT2D eigenvalue weighted by atomic mass is 16.4. The monoisotopic (exact) mass is 216 g/mol. The maximum absolute atomic E-state index is 10.9. The van der Waals surface area contributed by atoms with Gasteiger partial charge in [0, 0.05) is 0 Å². The van der Waals surface area contributed by atoms with Crippen molar-refractivity contribution in [3.8, 4) is 0 Å². The molecule has 0 fully saturated rings. The molecule has 1 atom stereocenters. The highest BCUT2D eigenvalue weighted by Gasteiger charge is 2.19. The Morgan fingerprint density at radius 2 is 2.19 bits per heavy atom. The first-order chi connectivity index (χ1) is 7.58. The zero-order valence-corrected chi connectivity index (χ0v) is 9.60. The van der Waals surface area contributed by atoms with Crippen LogP contribution in [0, 0.1) is 5.92 Å². The van der Waals surface area contributed by atoms with Gasteiger partial charge in [-0.2, -0.15) is 0 Å². The van der Waals surface area contributed by atoms with E-state index in [9.17, 15) is 4.79 Å². The van der Waals surface area contributed by atoms with Gasteiger partial charge >= 0.3 is 5.97 Å². The van der Waals surface area contributed by atoms with Crippen molar-refractivity contribution in [2.24, 2.45) is 5.92 Å². The summed E-state index contributed by atoms with van der Waals surface area (Å²) in [5.74, 6) is -0.594. The second-order valence-corrected chi connectivity index (χ2v) is 4.62. The molecule has 1 aromatic rings. The average molecular weight is 216 g/mol. The smallest absolute Gasteiger partial charge is 0.310 e. The summed E-state index contributed by atoms with van der Waals surface area (Å²) < 4.78 is 0. The fraction of sp³-hybridized carbons (Fsp3) is 0.357. The molecular weight excluding hydrogens is 200 g/mol. The lowest BCUT2D eigenvalue weighted by Gasteiger charge is -2.17. The molecule has 1 unspecified atom stereocenters. The molecule has 2 heteroatoms. The molecule has 0 saturated heterocycles. The lowest BCUT2D eigenvalue weighted by Crippen LogP contribution is -2.16. The van der Waals surface area contributed by atoms with E-state index in [4.69, 9.17) is 5.11 Å². The van der Waals surface area contributed by atoms with E-state index in [0.717, 1.165) is 5.56 Å². The van der Waals surface area contributed by atoms with E-state index < -0.39 is 5.97 Å². The number of aliphatic carboxylic acids is 1. The van der Waals surface area contributed by atoms with Gasteiger partial charge in [-0.05, 0) is 29.0 Å². The third-order valence-corrected chi connectivity index (χ3v) is 3.10. The molecule has 0 saturated carbocycles. The van der Waals surface area contributed by atoms with Crippen molar-refractivity contribution in [1.29, 1.82) is 0 Å². The van der Waals surface area contributed by atoms with E-state index in [2.05, 4.69) is 32.0 Å². The van der Waals surface area contributed by atoms with Gasteiger partial charge in [-0.3, -0.25) is 4.79 Å². The zero-order chi connectivity index (χ0) is 11.7. The number of fused-ring (bicyclic) bond motifs is 1. The van der Waals surface area contributed by atoms with Gasteiger partial charge in [0.2, 0.25) is 0 Å². The van der Waals surface area contributed by atoms with Crippen LogP contribution in [0.5, 0.6) is 0 Å². The Kier molecular flexibility index (Phi) is 2.82. The minimum atomic E-state index is -0.741. The summed E-state index contributed by atoms with van der Waals surface area (Å²) >= 11 is 0. The number of carbonyl (C=O) groups is 1. The van der Waals surface area contributed by atoms with Gasteiger partial charge in [-0.15, -0.1) is 0 Å². The Labute approximate surface area is 95.6 Å². The Balaban J connectivity index is 2.32. The second kappa shape index (κ2) is 4.12. The molecule has 84 valence electrons. The Hall–Kier alpha value is -1.57. The fourth-order valence-corrected chi connectivity index (χ4v) is 2.01. The average Bonchev–Trinajstić information content (AvgIpc) is 2.27. The fourth-order valence-electron chi connectivity index (χ4n) is 2.01.